The number of rotatable bonds is 9. The number of hydrogen-bond acceptors (Lipinski definition) is 11. The third kappa shape index (κ3) is 5.17. The molecule has 3 aliphatic rings. The van der Waals surface area contributed by atoms with Crippen LogP contribution in [0.15, 0.2) is 34.8 Å². The molecule has 1 unspecified atom stereocenters. The van der Waals surface area contributed by atoms with E-state index in [-0.39, 0.29) is 17.6 Å². The molecule has 0 spiro atoms. The zero-order valence-corrected chi connectivity index (χ0v) is 25.6. The summed E-state index contributed by atoms with van der Waals surface area (Å²) in [5.74, 6) is -7.03. The van der Waals surface area contributed by atoms with Gasteiger partial charge in [0.15, 0.2) is 23.1 Å². The summed E-state index contributed by atoms with van der Waals surface area (Å²) in [5, 5.41) is 11.7. The fraction of sp³-hybridized carbons (Fsp3) is 0.516. The number of nitrogens with two attached hydrogens (primary N) is 1. The van der Waals surface area contributed by atoms with Gasteiger partial charge in [0.25, 0.3) is 5.91 Å². The number of esters is 2. The molecule has 3 N–H and O–H groups in total. The number of hydrogen-bond donors (Lipinski definition) is 2. The average molecular weight is 598 g/mol. The number of ketones is 2. The van der Waals surface area contributed by atoms with Gasteiger partial charge in [-0.2, -0.15) is 0 Å². The number of likely N-dealkylation sites (N-methyl/N-ethyl adjacent to an activating group) is 1. The molecule has 0 radical (unpaired) electrons. The second-order valence-electron chi connectivity index (χ2n) is 11.6. The lowest BCUT2D eigenvalue weighted by atomic mass is 9.58. The van der Waals surface area contributed by atoms with Crippen LogP contribution in [0.1, 0.15) is 56.0 Å². The van der Waals surface area contributed by atoms with E-state index < -0.39 is 70.0 Å². The highest BCUT2D eigenvalue weighted by Crippen LogP contribution is 2.56. The predicted octanol–water partition coefficient (Wildman–Crippen LogP) is 2.24. The number of benzene rings is 1. The lowest BCUT2D eigenvalue weighted by molar-refractivity contribution is -0.176. The second-order valence-corrected chi connectivity index (χ2v) is 11.6. The largest absolute Gasteiger partial charge is 0.507 e. The molecule has 0 aliphatic heterocycles. The first-order valence-electron chi connectivity index (χ1n) is 14.3. The van der Waals surface area contributed by atoms with Crippen molar-refractivity contribution in [2.45, 2.75) is 58.1 Å². The van der Waals surface area contributed by atoms with Crippen molar-refractivity contribution in [3.8, 4) is 5.75 Å². The third-order valence-corrected chi connectivity index (χ3v) is 8.30. The standard InChI is InChI=1S/C31H39N3O9/c1-8-9-12-41-21-11-10-20(33(4)5)18-13-17-14-19-25(34(6)7)27(38)24(30(32)40)28(39)31(19,43-16(3)36)29(42-15(2)35)22(17)26(37)23(18)21/h10-11,17,19,25,39H,8-9,12-14H2,1-7H3,(H2,32,40)/t17-,19-,25?,31+/m0/s1. The monoisotopic (exact) mass is 597 g/mol. The van der Waals surface area contributed by atoms with Gasteiger partial charge in [0.05, 0.1) is 18.2 Å². The lowest BCUT2D eigenvalue weighted by Gasteiger charge is -2.52. The summed E-state index contributed by atoms with van der Waals surface area (Å²) in [7, 11) is 6.91. The summed E-state index contributed by atoms with van der Waals surface area (Å²) < 4.78 is 17.6. The number of aliphatic hydroxyl groups excluding tert-OH is 1. The van der Waals surface area contributed by atoms with E-state index in [1.165, 1.54) is 4.90 Å². The smallest absolute Gasteiger partial charge is 0.307 e. The van der Waals surface area contributed by atoms with Gasteiger partial charge in [-0.05, 0) is 57.0 Å². The zero-order valence-electron chi connectivity index (χ0n) is 25.6. The fourth-order valence-corrected chi connectivity index (χ4v) is 6.71. The lowest BCUT2D eigenvalue weighted by Crippen LogP contribution is -2.64. The Hall–Kier alpha value is -4.19. The van der Waals surface area contributed by atoms with Gasteiger partial charge in [-0.15, -0.1) is 0 Å². The first-order valence-corrected chi connectivity index (χ1v) is 14.3. The topological polar surface area (TPSA) is 166 Å². The van der Waals surface area contributed by atoms with Gasteiger partial charge < -0.3 is 30.0 Å². The first kappa shape index (κ1) is 31.7. The van der Waals surface area contributed by atoms with Gasteiger partial charge in [-0.3, -0.25) is 28.9 Å². The number of fused-ring (bicyclic) bond motifs is 3. The van der Waals surface area contributed by atoms with Crippen LogP contribution in [-0.4, -0.2) is 85.9 Å². The molecule has 0 aromatic heterocycles. The summed E-state index contributed by atoms with van der Waals surface area (Å²) in [5.41, 5.74) is 4.20. The van der Waals surface area contributed by atoms with Crippen LogP contribution in [-0.2, 0) is 35.1 Å². The number of ether oxygens (including phenoxy) is 3. The minimum absolute atomic E-state index is 0.00123. The number of unbranched alkanes of at least 4 members (excludes halogenated alkanes) is 1. The number of Topliss-reactive ketones (excluding diaryl/α,β-unsaturated/α-hetero) is 2. The van der Waals surface area contributed by atoms with Gasteiger partial charge in [-0.1, -0.05) is 13.3 Å². The first-order chi connectivity index (χ1) is 20.2. The molecule has 3 aliphatic carbocycles. The van der Waals surface area contributed by atoms with Crippen molar-refractivity contribution < 1.29 is 43.3 Å². The SMILES string of the molecule is CCCCOc1ccc(N(C)C)c2c1C(=O)C1=C(OC(C)=O)[C@]3(OC(C)=O)C(O)=C(C(N)=O)C(=O)C(N(C)C)[C@@H]3C[C@@H]1C2. The van der Waals surface area contributed by atoms with Gasteiger partial charge in [0, 0.05) is 45.1 Å². The van der Waals surface area contributed by atoms with E-state index in [4.69, 9.17) is 19.9 Å². The van der Waals surface area contributed by atoms with Crippen LogP contribution in [0.2, 0.25) is 0 Å². The molecular weight excluding hydrogens is 558 g/mol. The molecule has 0 saturated carbocycles. The van der Waals surface area contributed by atoms with E-state index in [1.54, 1.807) is 20.2 Å². The van der Waals surface area contributed by atoms with E-state index in [9.17, 15) is 29.1 Å². The van der Waals surface area contributed by atoms with Crippen LogP contribution in [0.25, 0.3) is 0 Å². The molecule has 0 bridgehead atoms. The minimum Gasteiger partial charge on any atom is -0.507 e. The Morgan fingerprint density at radius 1 is 1.09 bits per heavy atom. The Morgan fingerprint density at radius 2 is 1.77 bits per heavy atom. The molecule has 12 heteroatoms. The molecule has 1 aromatic carbocycles. The van der Waals surface area contributed by atoms with Gasteiger partial charge >= 0.3 is 11.9 Å². The summed E-state index contributed by atoms with van der Waals surface area (Å²) in [6.45, 7) is 4.57. The zero-order chi connectivity index (χ0) is 32.0. The van der Waals surface area contributed by atoms with Crippen LogP contribution in [0, 0.1) is 11.8 Å². The highest BCUT2D eigenvalue weighted by Gasteiger charge is 2.66. The molecule has 0 heterocycles. The normalized spacial score (nSPS) is 24.7. The van der Waals surface area contributed by atoms with Gasteiger partial charge in [0.1, 0.15) is 11.3 Å². The maximum absolute atomic E-state index is 14.6. The molecule has 12 nitrogen and oxygen atoms in total. The summed E-state index contributed by atoms with van der Waals surface area (Å²) in [4.78, 5) is 69.6. The van der Waals surface area contributed by atoms with Crippen molar-refractivity contribution in [2.75, 3.05) is 39.7 Å². The quantitative estimate of drug-likeness (QED) is 0.244. The molecule has 1 amide bonds. The molecule has 1 aromatic rings. The number of carbonyl (C=O) groups excluding carboxylic acids is 5. The highest BCUT2D eigenvalue weighted by molar-refractivity contribution is 6.22. The average Bonchev–Trinajstić information content (AvgIpc) is 2.88. The van der Waals surface area contributed by atoms with E-state index in [2.05, 4.69) is 0 Å². The van der Waals surface area contributed by atoms with E-state index in [0.717, 1.165) is 37.9 Å². The molecule has 0 fully saturated rings. The number of anilines is 1. The van der Waals surface area contributed by atoms with Crippen molar-refractivity contribution >= 4 is 35.1 Å². The summed E-state index contributed by atoms with van der Waals surface area (Å²) in [6, 6.07) is 2.46. The molecule has 232 valence electrons. The Morgan fingerprint density at radius 3 is 2.30 bits per heavy atom. The molecule has 0 saturated heterocycles. The molecule has 4 atom stereocenters. The number of aliphatic hydroxyl groups is 1. The third-order valence-electron chi connectivity index (χ3n) is 8.30. The van der Waals surface area contributed by atoms with E-state index >= 15 is 0 Å². The fourth-order valence-electron chi connectivity index (χ4n) is 6.71. The number of primary amides is 1. The molecular formula is C31H39N3O9. The minimum atomic E-state index is -2.36. The van der Waals surface area contributed by atoms with Gasteiger partial charge in [-0.25, -0.2) is 0 Å². The van der Waals surface area contributed by atoms with Crippen LogP contribution in [0.4, 0.5) is 5.69 Å². The number of allylic oxidation sites excluding steroid dienone is 1. The van der Waals surface area contributed by atoms with Crippen molar-refractivity contribution in [3.05, 3.63) is 45.9 Å². The van der Waals surface area contributed by atoms with Gasteiger partial charge in [0.2, 0.25) is 5.60 Å². The predicted molar refractivity (Wildman–Crippen MR) is 155 cm³/mol. The number of amides is 1. The maximum atomic E-state index is 14.6. The van der Waals surface area contributed by atoms with Crippen LogP contribution >= 0.6 is 0 Å². The summed E-state index contributed by atoms with van der Waals surface area (Å²) >= 11 is 0. The van der Waals surface area contributed by atoms with Crippen molar-refractivity contribution in [1.82, 2.24) is 4.90 Å². The van der Waals surface area contributed by atoms with Crippen LogP contribution in [0.5, 0.6) is 5.75 Å². The van der Waals surface area contributed by atoms with Crippen molar-refractivity contribution in [1.29, 1.82) is 0 Å². The Labute approximate surface area is 250 Å². The summed E-state index contributed by atoms with van der Waals surface area (Å²) in [6.07, 6.45) is 2.00. The number of carbonyl (C=O) groups is 5. The number of nitrogens with zero attached hydrogens (tertiary/aromatic N) is 2. The molecule has 4 rings (SSSR count). The maximum Gasteiger partial charge on any atom is 0.307 e. The van der Waals surface area contributed by atoms with Crippen LogP contribution in [0.3, 0.4) is 0 Å². The highest BCUT2D eigenvalue weighted by atomic mass is 16.6. The van der Waals surface area contributed by atoms with Crippen LogP contribution < -0.4 is 15.4 Å². The van der Waals surface area contributed by atoms with E-state index in [1.807, 2.05) is 32.0 Å². The Kier molecular flexibility index (Phi) is 8.73. The van der Waals surface area contributed by atoms with E-state index in [0.29, 0.717) is 18.8 Å². The molecule has 43 heavy (non-hydrogen) atoms. The Bertz CT molecular complexity index is 1460. The van der Waals surface area contributed by atoms with Crippen molar-refractivity contribution in [3.63, 3.8) is 0 Å². The Balaban J connectivity index is 2.13. The van der Waals surface area contributed by atoms with Crippen molar-refractivity contribution in [2.24, 2.45) is 17.6 Å². The second kappa shape index (κ2) is 11.8.